The lowest BCUT2D eigenvalue weighted by molar-refractivity contribution is 0.509. The minimum Gasteiger partial charge on any atom is -0.324 e. The van der Waals surface area contributed by atoms with Crippen molar-refractivity contribution in [3.05, 3.63) is 21.9 Å². The summed E-state index contributed by atoms with van der Waals surface area (Å²) in [6, 6.07) is 0.233. The number of rotatable bonds is 3. The minimum atomic E-state index is 0.233. The smallest absolute Gasteiger partial charge is 0.0308 e. The van der Waals surface area contributed by atoms with Gasteiger partial charge in [0.15, 0.2) is 0 Å². The van der Waals surface area contributed by atoms with Gasteiger partial charge in [0.2, 0.25) is 0 Å². The number of hydrogen-bond donors (Lipinski definition) is 1. The highest BCUT2D eigenvalue weighted by Crippen LogP contribution is 2.24. The number of hydrogen-bond acceptors (Lipinski definition) is 2. The fourth-order valence-corrected chi connectivity index (χ4v) is 2.30. The van der Waals surface area contributed by atoms with Gasteiger partial charge in [-0.2, -0.15) is 11.3 Å². The second-order valence-corrected chi connectivity index (χ2v) is 4.49. The summed E-state index contributed by atoms with van der Waals surface area (Å²) in [5, 5.41) is 4.33. The van der Waals surface area contributed by atoms with Crippen molar-refractivity contribution in [1.29, 1.82) is 0 Å². The Balaban J connectivity index is 2.65. The first-order valence-corrected chi connectivity index (χ1v) is 5.33. The molecule has 0 spiro atoms. The van der Waals surface area contributed by atoms with Crippen LogP contribution in [0.2, 0.25) is 0 Å². The molecule has 0 radical (unpaired) electrons. The lowest BCUT2D eigenvalue weighted by Crippen LogP contribution is -2.12. The molecule has 68 valence electrons. The molecule has 1 rings (SSSR count). The van der Waals surface area contributed by atoms with Crippen molar-refractivity contribution in [3.63, 3.8) is 0 Å². The van der Waals surface area contributed by atoms with Gasteiger partial charge in [0.05, 0.1) is 0 Å². The Morgan fingerprint density at radius 2 is 2.08 bits per heavy atom. The molecule has 0 amide bonds. The maximum atomic E-state index is 6.05. The molecule has 1 atom stereocenters. The SMILES string of the molecule is Cc1cscc1C(N)CC(C)C. The predicted octanol–water partition coefficient (Wildman–Crippen LogP) is 3.10. The van der Waals surface area contributed by atoms with E-state index in [1.807, 2.05) is 0 Å². The summed E-state index contributed by atoms with van der Waals surface area (Å²) in [5.74, 6) is 0.680. The van der Waals surface area contributed by atoms with Crippen LogP contribution in [-0.4, -0.2) is 0 Å². The molecule has 0 aliphatic carbocycles. The Bertz CT molecular complexity index is 240. The molecule has 0 fully saturated rings. The molecular formula is C10H17NS. The average Bonchev–Trinajstić information content (AvgIpc) is 2.33. The Hall–Kier alpha value is -0.340. The van der Waals surface area contributed by atoms with E-state index in [0.717, 1.165) is 6.42 Å². The van der Waals surface area contributed by atoms with E-state index in [-0.39, 0.29) is 6.04 Å². The first-order valence-electron chi connectivity index (χ1n) is 4.39. The fourth-order valence-electron chi connectivity index (χ4n) is 1.39. The van der Waals surface area contributed by atoms with Crippen molar-refractivity contribution in [3.8, 4) is 0 Å². The molecule has 0 aliphatic rings. The molecule has 0 aliphatic heterocycles. The molecule has 1 unspecified atom stereocenters. The molecule has 1 heterocycles. The first kappa shape index (κ1) is 9.75. The fraction of sp³-hybridized carbons (Fsp3) is 0.600. The van der Waals surface area contributed by atoms with E-state index < -0.39 is 0 Å². The second kappa shape index (κ2) is 4.06. The van der Waals surface area contributed by atoms with Crippen LogP contribution in [-0.2, 0) is 0 Å². The van der Waals surface area contributed by atoms with Crippen LogP contribution in [0.15, 0.2) is 10.8 Å². The molecule has 0 aromatic carbocycles. The van der Waals surface area contributed by atoms with Gasteiger partial charge in [0.25, 0.3) is 0 Å². The normalized spacial score (nSPS) is 13.8. The van der Waals surface area contributed by atoms with Gasteiger partial charge in [-0.1, -0.05) is 13.8 Å². The van der Waals surface area contributed by atoms with Crippen LogP contribution in [0.25, 0.3) is 0 Å². The topological polar surface area (TPSA) is 26.0 Å². The predicted molar refractivity (Wildman–Crippen MR) is 55.4 cm³/mol. The van der Waals surface area contributed by atoms with Gasteiger partial charge < -0.3 is 5.73 Å². The zero-order valence-corrected chi connectivity index (χ0v) is 8.82. The lowest BCUT2D eigenvalue weighted by atomic mass is 9.98. The summed E-state index contributed by atoms with van der Waals surface area (Å²) >= 11 is 1.74. The lowest BCUT2D eigenvalue weighted by Gasteiger charge is -2.13. The van der Waals surface area contributed by atoms with Crippen molar-refractivity contribution < 1.29 is 0 Å². The van der Waals surface area contributed by atoms with Crippen molar-refractivity contribution in [2.45, 2.75) is 33.2 Å². The van der Waals surface area contributed by atoms with Crippen molar-refractivity contribution in [2.75, 3.05) is 0 Å². The summed E-state index contributed by atoms with van der Waals surface area (Å²) in [5.41, 5.74) is 8.72. The summed E-state index contributed by atoms with van der Waals surface area (Å²) in [4.78, 5) is 0. The number of thiophene rings is 1. The molecule has 1 aromatic rings. The van der Waals surface area contributed by atoms with Gasteiger partial charge in [-0.3, -0.25) is 0 Å². The molecule has 1 aromatic heterocycles. The Morgan fingerprint density at radius 1 is 1.42 bits per heavy atom. The summed E-state index contributed by atoms with van der Waals surface area (Å²) < 4.78 is 0. The molecule has 0 saturated heterocycles. The number of nitrogens with two attached hydrogens (primary N) is 1. The van der Waals surface area contributed by atoms with Gasteiger partial charge in [-0.15, -0.1) is 0 Å². The molecule has 0 saturated carbocycles. The largest absolute Gasteiger partial charge is 0.324 e. The quantitative estimate of drug-likeness (QED) is 0.765. The minimum absolute atomic E-state index is 0.233. The van der Waals surface area contributed by atoms with Crippen molar-refractivity contribution in [2.24, 2.45) is 11.7 Å². The van der Waals surface area contributed by atoms with Crippen LogP contribution in [0.5, 0.6) is 0 Å². The zero-order chi connectivity index (χ0) is 9.14. The summed E-state index contributed by atoms with van der Waals surface area (Å²) in [6.45, 7) is 6.55. The van der Waals surface area contributed by atoms with Gasteiger partial charge in [0.1, 0.15) is 0 Å². The van der Waals surface area contributed by atoms with Gasteiger partial charge in [-0.25, -0.2) is 0 Å². The standard InChI is InChI=1S/C10H17NS/c1-7(2)4-10(11)9-6-12-5-8(9)3/h5-7,10H,4,11H2,1-3H3. The third kappa shape index (κ3) is 2.32. The molecule has 12 heavy (non-hydrogen) atoms. The highest BCUT2D eigenvalue weighted by atomic mass is 32.1. The van der Waals surface area contributed by atoms with Crippen LogP contribution in [0.1, 0.15) is 37.4 Å². The highest BCUT2D eigenvalue weighted by Gasteiger charge is 2.10. The van der Waals surface area contributed by atoms with Crippen LogP contribution < -0.4 is 5.73 Å². The molecule has 0 bridgehead atoms. The van der Waals surface area contributed by atoms with Crippen LogP contribution in [0.4, 0.5) is 0 Å². The van der Waals surface area contributed by atoms with Gasteiger partial charge in [-0.05, 0) is 41.1 Å². The molecular weight excluding hydrogens is 166 g/mol. The van der Waals surface area contributed by atoms with E-state index in [1.165, 1.54) is 11.1 Å². The third-order valence-corrected chi connectivity index (χ3v) is 2.90. The zero-order valence-electron chi connectivity index (χ0n) is 8.00. The maximum Gasteiger partial charge on any atom is 0.0308 e. The van der Waals surface area contributed by atoms with Crippen molar-refractivity contribution in [1.82, 2.24) is 0 Å². The van der Waals surface area contributed by atoms with Gasteiger partial charge in [0, 0.05) is 6.04 Å². The Kier molecular flexibility index (Phi) is 3.29. The third-order valence-electron chi connectivity index (χ3n) is 2.02. The van der Waals surface area contributed by atoms with Crippen LogP contribution in [0, 0.1) is 12.8 Å². The second-order valence-electron chi connectivity index (χ2n) is 3.75. The molecule has 1 nitrogen and oxygen atoms in total. The molecule has 2 N–H and O–H groups in total. The Morgan fingerprint density at radius 3 is 2.50 bits per heavy atom. The monoisotopic (exact) mass is 183 g/mol. The van der Waals surface area contributed by atoms with Crippen LogP contribution in [0.3, 0.4) is 0 Å². The van der Waals surface area contributed by atoms with Crippen molar-refractivity contribution >= 4 is 11.3 Å². The van der Waals surface area contributed by atoms with E-state index in [1.54, 1.807) is 11.3 Å². The number of aryl methyl sites for hydroxylation is 1. The van der Waals surface area contributed by atoms with Gasteiger partial charge >= 0.3 is 0 Å². The van der Waals surface area contributed by atoms with E-state index in [0.29, 0.717) is 5.92 Å². The maximum absolute atomic E-state index is 6.05. The highest BCUT2D eigenvalue weighted by molar-refractivity contribution is 7.08. The van der Waals surface area contributed by atoms with E-state index in [2.05, 4.69) is 31.5 Å². The Labute approximate surface area is 78.6 Å². The van der Waals surface area contributed by atoms with E-state index >= 15 is 0 Å². The van der Waals surface area contributed by atoms with E-state index in [4.69, 9.17) is 5.73 Å². The summed E-state index contributed by atoms with van der Waals surface area (Å²) in [6.07, 6.45) is 1.08. The van der Waals surface area contributed by atoms with Crippen LogP contribution >= 0.6 is 11.3 Å². The van der Waals surface area contributed by atoms with E-state index in [9.17, 15) is 0 Å². The molecule has 2 heteroatoms. The average molecular weight is 183 g/mol. The summed E-state index contributed by atoms with van der Waals surface area (Å²) in [7, 11) is 0. The first-order chi connectivity index (χ1) is 5.61.